The summed E-state index contributed by atoms with van der Waals surface area (Å²) in [7, 11) is 0. The molecule has 0 radical (unpaired) electrons. The first kappa shape index (κ1) is 11.3. The van der Waals surface area contributed by atoms with Crippen LogP contribution in [-0.4, -0.2) is 5.33 Å². The van der Waals surface area contributed by atoms with E-state index < -0.39 is 0 Å². The third kappa shape index (κ3) is 3.98. The van der Waals surface area contributed by atoms with Crippen LogP contribution in [0.5, 0.6) is 0 Å². The van der Waals surface area contributed by atoms with Gasteiger partial charge in [-0.3, -0.25) is 0 Å². The predicted molar refractivity (Wildman–Crippen MR) is 65.7 cm³/mol. The first-order valence-corrected chi connectivity index (χ1v) is 5.98. The molecule has 0 amide bonds. The van der Waals surface area contributed by atoms with E-state index in [0.717, 1.165) is 23.2 Å². The summed E-state index contributed by atoms with van der Waals surface area (Å²) in [5.41, 5.74) is 2.49. The summed E-state index contributed by atoms with van der Waals surface area (Å²) >= 11 is 3.28. The first-order chi connectivity index (χ1) is 6.72. The second kappa shape index (κ2) is 5.88. The van der Waals surface area contributed by atoms with Crippen molar-refractivity contribution in [1.82, 2.24) is 0 Å². The lowest BCUT2D eigenvalue weighted by Crippen LogP contribution is -1.93. The van der Waals surface area contributed by atoms with Gasteiger partial charge in [-0.15, -0.1) is 0 Å². The van der Waals surface area contributed by atoms with Crippen molar-refractivity contribution in [1.29, 1.82) is 0 Å². The molecular weight excluding hydrogens is 236 g/mol. The Morgan fingerprint density at radius 1 is 1.21 bits per heavy atom. The van der Waals surface area contributed by atoms with Gasteiger partial charge >= 0.3 is 0 Å². The third-order valence-corrected chi connectivity index (χ3v) is 2.18. The minimum Gasteiger partial charge on any atom is -0.0863 e. The molecule has 0 bridgehead atoms. The Kier molecular flexibility index (Phi) is 4.76. The van der Waals surface area contributed by atoms with Crippen LogP contribution < -0.4 is 0 Å². The van der Waals surface area contributed by atoms with E-state index >= 15 is 0 Å². The van der Waals surface area contributed by atoms with E-state index in [2.05, 4.69) is 65.9 Å². The highest BCUT2D eigenvalue weighted by Crippen LogP contribution is 2.08. The van der Waals surface area contributed by atoms with Crippen molar-refractivity contribution < 1.29 is 0 Å². The van der Waals surface area contributed by atoms with Crippen LogP contribution in [0.2, 0.25) is 0 Å². The lowest BCUT2D eigenvalue weighted by atomic mass is 10.0. The molecule has 0 N–H and O–H groups in total. The van der Waals surface area contributed by atoms with E-state index in [1.54, 1.807) is 0 Å². The van der Waals surface area contributed by atoms with Crippen LogP contribution in [0.25, 0.3) is 0 Å². The summed E-state index contributed by atoms with van der Waals surface area (Å²) in [6.07, 6.45) is 1.14. The van der Waals surface area contributed by atoms with Crippen molar-refractivity contribution in [3.05, 3.63) is 35.4 Å². The summed E-state index contributed by atoms with van der Waals surface area (Å²) in [4.78, 5) is 0. The van der Waals surface area contributed by atoms with Gasteiger partial charge in [-0.1, -0.05) is 53.8 Å². The fourth-order valence-corrected chi connectivity index (χ4v) is 1.47. The summed E-state index contributed by atoms with van der Waals surface area (Å²) < 4.78 is 0. The molecule has 1 aromatic rings. The maximum atomic E-state index is 3.28. The van der Waals surface area contributed by atoms with Crippen LogP contribution in [0.3, 0.4) is 0 Å². The second-order valence-electron chi connectivity index (χ2n) is 3.73. The van der Waals surface area contributed by atoms with E-state index in [1.165, 1.54) is 5.56 Å². The van der Waals surface area contributed by atoms with Gasteiger partial charge in [-0.25, -0.2) is 0 Å². The molecule has 0 spiro atoms. The fraction of sp³-hybridized carbons (Fsp3) is 0.385. The van der Waals surface area contributed by atoms with Crippen molar-refractivity contribution >= 4 is 15.9 Å². The van der Waals surface area contributed by atoms with Crippen molar-refractivity contribution in [2.24, 2.45) is 5.92 Å². The Balaban J connectivity index is 2.68. The van der Waals surface area contributed by atoms with Gasteiger partial charge in [0.25, 0.3) is 0 Å². The highest BCUT2D eigenvalue weighted by molar-refractivity contribution is 9.09. The number of hydrogen-bond donors (Lipinski definition) is 0. The molecule has 0 saturated carbocycles. The van der Waals surface area contributed by atoms with E-state index in [0.29, 0.717) is 0 Å². The SMILES string of the molecule is CC(C)Cc1ccc(C#CCBr)cc1. The van der Waals surface area contributed by atoms with Crippen molar-refractivity contribution in [2.45, 2.75) is 20.3 Å². The molecule has 1 rings (SSSR count). The van der Waals surface area contributed by atoms with Gasteiger partial charge in [0.15, 0.2) is 0 Å². The molecule has 74 valence electrons. The van der Waals surface area contributed by atoms with Crippen molar-refractivity contribution in [3.63, 3.8) is 0 Å². The Morgan fingerprint density at radius 3 is 2.36 bits per heavy atom. The summed E-state index contributed by atoms with van der Waals surface area (Å²) in [6, 6.07) is 8.51. The molecular formula is C13H15Br. The maximum absolute atomic E-state index is 3.28. The molecule has 14 heavy (non-hydrogen) atoms. The highest BCUT2D eigenvalue weighted by Gasteiger charge is 1.96. The molecule has 1 aromatic carbocycles. The van der Waals surface area contributed by atoms with Crippen LogP contribution in [0.15, 0.2) is 24.3 Å². The number of benzene rings is 1. The van der Waals surface area contributed by atoms with Gasteiger partial charge in [-0.2, -0.15) is 0 Å². The van der Waals surface area contributed by atoms with Crippen LogP contribution in [0.1, 0.15) is 25.0 Å². The molecule has 0 aliphatic carbocycles. The minimum absolute atomic E-state index is 0.717. The van der Waals surface area contributed by atoms with Gasteiger partial charge in [0.1, 0.15) is 0 Å². The largest absolute Gasteiger partial charge is 0.0863 e. The van der Waals surface area contributed by atoms with E-state index in [4.69, 9.17) is 0 Å². The Morgan fingerprint density at radius 2 is 1.86 bits per heavy atom. The number of alkyl halides is 1. The minimum atomic E-state index is 0.717. The number of hydrogen-bond acceptors (Lipinski definition) is 0. The zero-order valence-electron chi connectivity index (χ0n) is 8.68. The Hall–Kier alpha value is -0.740. The molecule has 1 heteroatoms. The van der Waals surface area contributed by atoms with Crippen LogP contribution >= 0.6 is 15.9 Å². The standard InChI is InChI=1S/C13H15Br/c1-11(2)10-13-7-5-12(6-8-13)4-3-9-14/h5-8,11H,9-10H2,1-2H3. The topological polar surface area (TPSA) is 0 Å². The second-order valence-corrected chi connectivity index (χ2v) is 4.29. The molecule has 0 aliphatic rings. The average Bonchev–Trinajstić information content (AvgIpc) is 2.16. The van der Waals surface area contributed by atoms with Gasteiger partial charge in [0.05, 0.1) is 5.33 Å². The van der Waals surface area contributed by atoms with Crippen LogP contribution in [0.4, 0.5) is 0 Å². The maximum Gasteiger partial charge on any atom is 0.0649 e. The van der Waals surface area contributed by atoms with Gasteiger partial charge in [0.2, 0.25) is 0 Å². The first-order valence-electron chi connectivity index (χ1n) is 4.86. The smallest absolute Gasteiger partial charge is 0.0649 e. The molecule has 0 nitrogen and oxygen atoms in total. The Labute approximate surface area is 94.9 Å². The molecule has 0 heterocycles. The fourth-order valence-electron chi connectivity index (χ4n) is 1.33. The van der Waals surface area contributed by atoms with Crippen LogP contribution in [-0.2, 0) is 6.42 Å². The summed E-state index contributed by atoms with van der Waals surface area (Å²) in [6.45, 7) is 4.47. The zero-order chi connectivity index (χ0) is 10.4. The number of halogens is 1. The zero-order valence-corrected chi connectivity index (χ0v) is 10.3. The molecule has 0 aromatic heterocycles. The van der Waals surface area contributed by atoms with Crippen molar-refractivity contribution in [2.75, 3.05) is 5.33 Å². The molecule has 0 aliphatic heterocycles. The summed E-state index contributed by atoms with van der Waals surface area (Å²) in [5.74, 6) is 6.79. The average molecular weight is 251 g/mol. The van der Waals surface area contributed by atoms with E-state index in [-0.39, 0.29) is 0 Å². The number of rotatable bonds is 2. The van der Waals surface area contributed by atoms with Gasteiger partial charge in [0, 0.05) is 5.56 Å². The normalized spacial score (nSPS) is 9.71. The monoisotopic (exact) mass is 250 g/mol. The van der Waals surface area contributed by atoms with Crippen LogP contribution in [0, 0.1) is 17.8 Å². The van der Waals surface area contributed by atoms with Gasteiger partial charge in [-0.05, 0) is 30.0 Å². The summed E-state index contributed by atoms with van der Waals surface area (Å²) in [5, 5.41) is 0.737. The lowest BCUT2D eigenvalue weighted by Gasteiger charge is -2.03. The van der Waals surface area contributed by atoms with E-state index in [9.17, 15) is 0 Å². The lowest BCUT2D eigenvalue weighted by molar-refractivity contribution is 0.647. The Bertz CT molecular complexity index is 324. The molecule has 0 saturated heterocycles. The van der Waals surface area contributed by atoms with Gasteiger partial charge < -0.3 is 0 Å². The molecule has 0 unspecified atom stereocenters. The van der Waals surface area contributed by atoms with Crippen molar-refractivity contribution in [3.8, 4) is 11.8 Å². The molecule has 0 atom stereocenters. The predicted octanol–water partition coefficient (Wildman–Crippen LogP) is 3.63. The third-order valence-electron chi connectivity index (χ3n) is 1.90. The van der Waals surface area contributed by atoms with E-state index in [1.807, 2.05) is 0 Å². The highest BCUT2D eigenvalue weighted by atomic mass is 79.9. The quantitative estimate of drug-likeness (QED) is 0.556. The molecule has 0 fully saturated rings.